The summed E-state index contributed by atoms with van der Waals surface area (Å²) in [6, 6.07) is 0. The van der Waals surface area contributed by atoms with Crippen LogP contribution in [0.5, 0.6) is 0 Å². The highest BCUT2D eigenvalue weighted by Gasteiger charge is 2.28. The number of nitrogens with one attached hydrogen (secondary N) is 1. The summed E-state index contributed by atoms with van der Waals surface area (Å²) in [5, 5.41) is 24.3. The lowest BCUT2D eigenvalue weighted by Crippen LogP contribution is -2.23. The van der Waals surface area contributed by atoms with Crippen molar-refractivity contribution < 1.29 is 24.6 Å². The second kappa shape index (κ2) is 4.16. The summed E-state index contributed by atoms with van der Waals surface area (Å²) in [6.07, 6.45) is -2.74. The van der Waals surface area contributed by atoms with E-state index >= 15 is 0 Å². The zero-order valence-corrected chi connectivity index (χ0v) is 7.87. The topological polar surface area (TPSA) is 140 Å². The number of aliphatic hydroxyl groups is 2. The van der Waals surface area contributed by atoms with Crippen LogP contribution < -0.4 is 0 Å². The minimum absolute atomic E-state index is 0.106. The predicted octanol–water partition coefficient (Wildman–Crippen LogP) is -1.62. The average molecular weight is 223 g/mol. The summed E-state index contributed by atoms with van der Waals surface area (Å²) < 4.78 is 10.5. The van der Waals surface area contributed by atoms with Gasteiger partial charge in [-0.05, 0) is 0 Å². The van der Waals surface area contributed by atoms with Gasteiger partial charge in [-0.25, -0.2) is 4.98 Å². The van der Waals surface area contributed by atoms with Crippen molar-refractivity contribution in [3.05, 3.63) is 12.2 Å². The molecule has 9 heteroatoms. The van der Waals surface area contributed by atoms with E-state index in [9.17, 15) is 14.8 Å². The van der Waals surface area contributed by atoms with Gasteiger partial charge in [0.1, 0.15) is 12.4 Å². The molecule has 8 nitrogen and oxygen atoms in total. The molecule has 0 bridgehead atoms. The Morgan fingerprint density at radius 1 is 1.50 bits per heavy atom. The Morgan fingerprint density at radius 2 is 2.14 bits per heavy atom. The quantitative estimate of drug-likeness (QED) is 0.386. The minimum atomic E-state index is -4.35. The Bertz CT molecular complexity index is 322. The number of aromatic amines is 1. The van der Waals surface area contributed by atoms with Crippen LogP contribution in [-0.4, -0.2) is 47.4 Å². The fourth-order valence-electron chi connectivity index (χ4n) is 0.877. The molecule has 0 radical (unpaired) electrons. The van der Waals surface area contributed by atoms with Gasteiger partial charge in [-0.15, -0.1) is 0 Å². The van der Waals surface area contributed by atoms with Crippen molar-refractivity contribution in [3.63, 3.8) is 0 Å². The van der Waals surface area contributed by atoms with Crippen LogP contribution in [0.25, 0.3) is 0 Å². The first-order valence-electron chi connectivity index (χ1n) is 3.66. The Labute approximate surface area is 78.8 Å². The van der Waals surface area contributed by atoms with Crippen molar-refractivity contribution in [2.75, 3.05) is 6.16 Å². The molecule has 0 amide bonds. The van der Waals surface area contributed by atoms with Crippen LogP contribution in [0, 0.1) is 0 Å². The van der Waals surface area contributed by atoms with Gasteiger partial charge in [-0.2, -0.15) is 5.10 Å². The number of hydrogen-bond acceptors (Lipinski definition) is 5. The first-order chi connectivity index (χ1) is 6.40. The van der Waals surface area contributed by atoms with Gasteiger partial charge < -0.3 is 20.0 Å². The molecule has 1 heterocycles. The molecule has 1 rings (SSSR count). The standard InChI is InChI=1S/C5H10N3O5P/c9-3(1-14(11,12)13)4(10)5-6-2-7-8-5/h2-4,9-10H,1H2,(H,6,7,8)(H2,11,12,13). The molecule has 80 valence electrons. The van der Waals surface area contributed by atoms with Crippen molar-refractivity contribution in [2.24, 2.45) is 0 Å². The van der Waals surface area contributed by atoms with E-state index in [2.05, 4.69) is 15.2 Å². The van der Waals surface area contributed by atoms with E-state index in [0.29, 0.717) is 0 Å². The molecule has 14 heavy (non-hydrogen) atoms. The molecule has 0 aromatic carbocycles. The molecule has 0 saturated heterocycles. The van der Waals surface area contributed by atoms with E-state index in [1.54, 1.807) is 0 Å². The predicted molar refractivity (Wildman–Crippen MR) is 44.3 cm³/mol. The Kier molecular flexibility index (Phi) is 3.35. The molecule has 2 atom stereocenters. The molecule has 1 aromatic heterocycles. The number of aliphatic hydroxyl groups excluding tert-OH is 2. The molecule has 0 aliphatic heterocycles. The maximum atomic E-state index is 10.5. The van der Waals surface area contributed by atoms with Crippen LogP contribution in [0.15, 0.2) is 6.33 Å². The Hall–Kier alpha value is -0.790. The molecule has 0 aliphatic carbocycles. The van der Waals surface area contributed by atoms with E-state index in [1.165, 1.54) is 6.33 Å². The number of H-pyrrole nitrogens is 1. The molecule has 2 unspecified atom stereocenters. The molecule has 0 saturated carbocycles. The van der Waals surface area contributed by atoms with Crippen molar-refractivity contribution >= 4 is 7.60 Å². The lowest BCUT2D eigenvalue weighted by atomic mass is 10.2. The van der Waals surface area contributed by atoms with Crippen molar-refractivity contribution in [3.8, 4) is 0 Å². The highest BCUT2D eigenvalue weighted by molar-refractivity contribution is 7.51. The normalized spacial score (nSPS) is 16.6. The first kappa shape index (κ1) is 11.3. The summed E-state index contributed by atoms with van der Waals surface area (Å²) in [6.45, 7) is 0. The van der Waals surface area contributed by atoms with Gasteiger partial charge in [0.15, 0.2) is 5.82 Å². The third-order valence-corrected chi connectivity index (χ3v) is 2.34. The fraction of sp³-hybridized carbons (Fsp3) is 0.600. The Morgan fingerprint density at radius 3 is 2.57 bits per heavy atom. The molecule has 1 aromatic rings. The summed E-state index contributed by atoms with van der Waals surface area (Å²) in [5.41, 5.74) is 0. The SMILES string of the molecule is O=P(O)(O)CC(O)C(O)c1nc[nH]n1. The monoisotopic (exact) mass is 223 g/mol. The van der Waals surface area contributed by atoms with Crippen molar-refractivity contribution in [2.45, 2.75) is 12.2 Å². The van der Waals surface area contributed by atoms with E-state index in [4.69, 9.17) is 9.79 Å². The third-order valence-electron chi connectivity index (χ3n) is 1.49. The Balaban J connectivity index is 2.62. The van der Waals surface area contributed by atoms with Gasteiger partial charge in [-0.1, -0.05) is 0 Å². The van der Waals surface area contributed by atoms with Gasteiger partial charge in [0, 0.05) is 0 Å². The number of rotatable bonds is 4. The van der Waals surface area contributed by atoms with Crippen LogP contribution in [-0.2, 0) is 4.57 Å². The maximum absolute atomic E-state index is 10.5. The second-order valence-corrected chi connectivity index (χ2v) is 4.41. The zero-order valence-electron chi connectivity index (χ0n) is 6.98. The van der Waals surface area contributed by atoms with Crippen LogP contribution in [0.2, 0.25) is 0 Å². The average Bonchev–Trinajstić information content (AvgIpc) is 2.51. The molecule has 0 aliphatic rings. The van der Waals surface area contributed by atoms with Crippen LogP contribution in [0.3, 0.4) is 0 Å². The fourth-order valence-corrected chi connectivity index (χ4v) is 1.56. The molecular weight excluding hydrogens is 213 g/mol. The summed E-state index contributed by atoms with van der Waals surface area (Å²) in [4.78, 5) is 20.6. The minimum Gasteiger partial charge on any atom is -0.389 e. The molecule has 0 fully saturated rings. The molecular formula is C5H10N3O5P. The van der Waals surface area contributed by atoms with Gasteiger partial charge in [0.05, 0.1) is 12.3 Å². The number of nitrogens with zero attached hydrogens (tertiary/aromatic N) is 2. The van der Waals surface area contributed by atoms with Gasteiger partial charge >= 0.3 is 7.60 Å². The van der Waals surface area contributed by atoms with Crippen LogP contribution in [0.4, 0.5) is 0 Å². The van der Waals surface area contributed by atoms with Gasteiger partial charge in [0.25, 0.3) is 0 Å². The number of hydrogen-bond donors (Lipinski definition) is 5. The van der Waals surface area contributed by atoms with E-state index in [1.807, 2.05) is 0 Å². The molecule has 0 spiro atoms. The zero-order chi connectivity index (χ0) is 10.8. The highest BCUT2D eigenvalue weighted by atomic mass is 31.2. The smallest absolute Gasteiger partial charge is 0.328 e. The first-order valence-corrected chi connectivity index (χ1v) is 5.46. The van der Waals surface area contributed by atoms with Crippen molar-refractivity contribution in [1.82, 2.24) is 15.2 Å². The van der Waals surface area contributed by atoms with Crippen LogP contribution in [0.1, 0.15) is 11.9 Å². The van der Waals surface area contributed by atoms with E-state index in [0.717, 1.165) is 0 Å². The second-order valence-electron chi connectivity index (χ2n) is 2.72. The lowest BCUT2D eigenvalue weighted by molar-refractivity contribution is 0.0245. The van der Waals surface area contributed by atoms with Crippen molar-refractivity contribution in [1.29, 1.82) is 0 Å². The van der Waals surface area contributed by atoms with Gasteiger partial charge in [0.2, 0.25) is 0 Å². The van der Waals surface area contributed by atoms with Crippen LogP contribution >= 0.6 is 7.60 Å². The maximum Gasteiger partial charge on any atom is 0.328 e. The van der Waals surface area contributed by atoms with E-state index < -0.39 is 26.0 Å². The third kappa shape index (κ3) is 3.17. The number of aromatic nitrogens is 3. The molecule has 5 N–H and O–H groups in total. The summed E-state index contributed by atoms with van der Waals surface area (Å²) >= 11 is 0. The van der Waals surface area contributed by atoms with Gasteiger partial charge in [-0.3, -0.25) is 9.66 Å². The summed E-state index contributed by atoms with van der Waals surface area (Å²) in [7, 11) is -4.35. The largest absolute Gasteiger partial charge is 0.389 e. The lowest BCUT2D eigenvalue weighted by Gasteiger charge is -2.15. The van der Waals surface area contributed by atoms with E-state index in [-0.39, 0.29) is 5.82 Å². The highest BCUT2D eigenvalue weighted by Crippen LogP contribution is 2.36. The summed E-state index contributed by atoms with van der Waals surface area (Å²) in [5.74, 6) is -0.106.